The van der Waals surface area contributed by atoms with Crippen LogP contribution in [0.15, 0.2) is 49.1 Å². The fraction of sp³-hybridized carbons (Fsp3) is 0.433. The lowest BCUT2D eigenvalue weighted by Crippen LogP contribution is -2.49. The van der Waals surface area contributed by atoms with E-state index in [1.165, 1.54) is 33.7 Å². The molecule has 3 heterocycles. The minimum absolute atomic E-state index is 0.0167. The average Bonchev–Trinajstić information content (AvgIpc) is 2.91. The van der Waals surface area contributed by atoms with Crippen molar-refractivity contribution in [3.63, 3.8) is 0 Å². The van der Waals surface area contributed by atoms with Crippen molar-refractivity contribution < 1.29 is 9.53 Å². The molecule has 3 aromatic rings. The first-order valence-corrected chi connectivity index (χ1v) is 13.4. The van der Waals surface area contributed by atoms with Gasteiger partial charge in [-0.2, -0.15) is 9.97 Å². The zero-order chi connectivity index (χ0) is 26.8. The van der Waals surface area contributed by atoms with Crippen LogP contribution in [-0.2, 0) is 17.8 Å². The molecule has 1 saturated heterocycles. The zero-order valence-electron chi connectivity index (χ0n) is 23.0. The van der Waals surface area contributed by atoms with Crippen LogP contribution in [0.1, 0.15) is 23.7 Å². The van der Waals surface area contributed by atoms with Gasteiger partial charge < -0.3 is 24.3 Å². The van der Waals surface area contributed by atoms with Crippen LogP contribution in [0.5, 0.6) is 6.01 Å². The summed E-state index contributed by atoms with van der Waals surface area (Å²) < 4.78 is 6.24. The Morgan fingerprint density at radius 3 is 2.61 bits per heavy atom. The molecular weight excluding hydrogens is 476 g/mol. The Morgan fingerprint density at radius 2 is 1.87 bits per heavy atom. The van der Waals surface area contributed by atoms with E-state index in [1.807, 2.05) is 25.9 Å². The lowest BCUT2D eigenvalue weighted by molar-refractivity contribution is -0.126. The molecule has 2 aliphatic rings. The second-order valence-corrected chi connectivity index (χ2v) is 10.6. The van der Waals surface area contributed by atoms with E-state index in [0.717, 1.165) is 44.1 Å². The second-order valence-electron chi connectivity index (χ2n) is 10.6. The lowest BCUT2D eigenvalue weighted by atomic mass is 10.0. The minimum atomic E-state index is -0.0432. The minimum Gasteiger partial charge on any atom is -0.459 e. The van der Waals surface area contributed by atoms with E-state index in [4.69, 9.17) is 14.7 Å². The van der Waals surface area contributed by atoms with Crippen molar-refractivity contribution >= 4 is 28.2 Å². The molecule has 200 valence electrons. The molecule has 0 N–H and O–H groups in total. The summed E-state index contributed by atoms with van der Waals surface area (Å²) >= 11 is 0. The third-order valence-corrected chi connectivity index (χ3v) is 7.34. The van der Waals surface area contributed by atoms with Crippen LogP contribution in [0.4, 0.5) is 11.5 Å². The number of aryl methyl sites for hydroxylation is 1. The number of rotatable bonds is 7. The number of piperazine rings is 1. The number of likely N-dealkylation sites (N-methyl/N-ethyl adjacent to an activating group) is 1. The number of amides is 1. The van der Waals surface area contributed by atoms with Crippen LogP contribution in [0.25, 0.3) is 10.8 Å². The van der Waals surface area contributed by atoms with Gasteiger partial charge in [-0.15, -0.1) is 0 Å². The van der Waals surface area contributed by atoms with Crippen molar-refractivity contribution in [1.82, 2.24) is 19.8 Å². The Balaban J connectivity index is 1.48. The van der Waals surface area contributed by atoms with Crippen molar-refractivity contribution in [3.8, 4) is 6.01 Å². The van der Waals surface area contributed by atoms with E-state index in [-0.39, 0.29) is 12.0 Å². The maximum Gasteiger partial charge on any atom is 0.318 e. The number of carbonyl (C=O) groups is 1. The number of carbonyl (C=O) groups excluding carboxylic acids is 1. The molecular formula is C30H38N6O2. The molecule has 38 heavy (non-hydrogen) atoms. The summed E-state index contributed by atoms with van der Waals surface area (Å²) in [4.78, 5) is 30.7. The van der Waals surface area contributed by atoms with Crippen molar-refractivity contribution in [1.29, 1.82) is 0 Å². The summed E-state index contributed by atoms with van der Waals surface area (Å²) in [7, 11) is 4.07. The van der Waals surface area contributed by atoms with Gasteiger partial charge in [0.25, 0.3) is 0 Å². The summed E-state index contributed by atoms with van der Waals surface area (Å²) in [5.41, 5.74) is 4.70. The first kappa shape index (κ1) is 26.0. The molecule has 8 nitrogen and oxygen atoms in total. The first-order chi connectivity index (χ1) is 18.3. The van der Waals surface area contributed by atoms with E-state index in [0.29, 0.717) is 25.6 Å². The molecule has 5 rings (SSSR count). The van der Waals surface area contributed by atoms with Gasteiger partial charge in [0.15, 0.2) is 0 Å². The maximum absolute atomic E-state index is 12.1. The van der Waals surface area contributed by atoms with Crippen molar-refractivity contribution in [2.24, 2.45) is 0 Å². The molecule has 0 bridgehead atoms. The molecule has 2 aromatic carbocycles. The van der Waals surface area contributed by atoms with E-state index < -0.39 is 0 Å². The number of hydrogen-bond donors (Lipinski definition) is 0. The number of fused-ring (bicyclic) bond motifs is 2. The molecule has 1 fully saturated rings. The third kappa shape index (κ3) is 5.45. The lowest BCUT2D eigenvalue weighted by Gasteiger charge is -2.38. The van der Waals surface area contributed by atoms with Gasteiger partial charge in [0.05, 0.1) is 12.2 Å². The van der Waals surface area contributed by atoms with Crippen LogP contribution in [0.3, 0.4) is 0 Å². The molecule has 0 saturated carbocycles. The molecule has 1 aromatic heterocycles. The van der Waals surface area contributed by atoms with Crippen molar-refractivity contribution in [3.05, 3.63) is 65.9 Å². The normalized spacial score (nSPS) is 16.5. The van der Waals surface area contributed by atoms with Gasteiger partial charge in [-0.05, 0) is 57.5 Å². The highest BCUT2D eigenvalue weighted by molar-refractivity contribution is 5.95. The van der Waals surface area contributed by atoms with Crippen molar-refractivity contribution in [2.45, 2.75) is 32.9 Å². The number of anilines is 2. The van der Waals surface area contributed by atoms with E-state index >= 15 is 0 Å². The number of hydrogen-bond acceptors (Lipinski definition) is 7. The van der Waals surface area contributed by atoms with E-state index in [1.54, 1.807) is 0 Å². The standard InChI is InChI=1S/C30H38N6O2/c1-6-28(37)34-13-15-35(16-14-34)29-25-11-12-36(27-18-21(2)17-23-9-7-8-10-24(23)27)20-26(25)31-30(32-29)38-22(3)19-33(4)5/h6-10,17-18,22H,1,11-16,19-20H2,2-5H3/t22-/m0/s1. The van der Waals surface area contributed by atoms with E-state index in [9.17, 15) is 4.79 Å². The predicted octanol–water partition coefficient (Wildman–Crippen LogP) is 3.66. The van der Waals surface area contributed by atoms with Gasteiger partial charge in [0, 0.05) is 55.9 Å². The van der Waals surface area contributed by atoms with Gasteiger partial charge in [0.1, 0.15) is 11.9 Å². The Labute approximate surface area is 225 Å². The summed E-state index contributed by atoms with van der Waals surface area (Å²) in [5, 5.41) is 2.51. The van der Waals surface area contributed by atoms with Crippen LogP contribution in [-0.4, -0.2) is 85.1 Å². The van der Waals surface area contributed by atoms with Gasteiger partial charge in [-0.1, -0.05) is 36.9 Å². The summed E-state index contributed by atoms with van der Waals surface area (Å²) in [6, 6.07) is 13.5. The SMILES string of the molecule is C=CC(=O)N1CCN(c2nc(O[C@@H](C)CN(C)C)nc3c2CCN(c2cc(C)cc4ccccc24)C3)CC1. The van der Waals surface area contributed by atoms with Gasteiger partial charge in [0.2, 0.25) is 5.91 Å². The van der Waals surface area contributed by atoms with Crippen LogP contribution < -0.4 is 14.5 Å². The Bertz CT molecular complexity index is 1330. The Hall–Kier alpha value is -3.65. The molecule has 0 radical (unpaired) electrons. The van der Waals surface area contributed by atoms with Crippen molar-refractivity contribution in [2.75, 3.05) is 63.2 Å². The Kier molecular flexibility index (Phi) is 7.51. The first-order valence-electron chi connectivity index (χ1n) is 13.4. The van der Waals surface area contributed by atoms with Gasteiger partial charge in [-0.3, -0.25) is 4.79 Å². The molecule has 1 atom stereocenters. The highest BCUT2D eigenvalue weighted by Crippen LogP contribution is 2.35. The summed E-state index contributed by atoms with van der Waals surface area (Å²) in [5.74, 6) is 0.929. The van der Waals surface area contributed by atoms with Gasteiger partial charge in [-0.25, -0.2) is 0 Å². The molecule has 0 aliphatic carbocycles. The topological polar surface area (TPSA) is 65.0 Å². The Morgan fingerprint density at radius 1 is 1.11 bits per heavy atom. The highest BCUT2D eigenvalue weighted by atomic mass is 16.5. The largest absolute Gasteiger partial charge is 0.459 e. The second kappa shape index (κ2) is 11.0. The number of benzene rings is 2. The smallest absolute Gasteiger partial charge is 0.318 e. The zero-order valence-corrected chi connectivity index (χ0v) is 23.0. The molecule has 2 aliphatic heterocycles. The fourth-order valence-corrected chi connectivity index (χ4v) is 5.61. The van der Waals surface area contributed by atoms with Gasteiger partial charge >= 0.3 is 6.01 Å². The number of ether oxygens (including phenoxy) is 1. The maximum atomic E-state index is 12.1. The quantitative estimate of drug-likeness (QED) is 0.446. The fourth-order valence-electron chi connectivity index (χ4n) is 5.61. The van der Waals surface area contributed by atoms with Crippen LogP contribution >= 0.6 is 0 Å². The molecule has 8 heteroatoms. The highest BCUT2D eigenvalue weighted by Gasteiger charge is 2.29. The summed E-state index contributed by atoms with van der Waals surface area (Å²) in [6.07, 6.45) is 2.20. The number of nitrogens with zero attached hydrogens (tertiary/aromatic N) is 6. The predicted molar refractivity (Wildman–Crippen MR) is 153 cm³/mol. The molecule has 0 unspecified atom stereocenters. The summed E-state index contributed by atoms with van der Waals surface area (Å²) in [6.45, 7) is 13.0. The third-order valence-electron chi connectivity index (χ3n) is 7.34. The van der Waals surface area contributed by atoms with Crippen LogP contribution in [0.2, 0.25) is 0 Å². The number of aromatic nitrogens is 2. The monoisotopic (exact) mass is 514 g/mol. The molecule has 1 amide bonds. The van der Waals surface area contributed by atoms with E-state index in [2.05, 4.69) is 64.6 Å². The average molecular weight is 515 g/mol. The molecule has 0 spiro atoms. The van der Waals surface area contributed by atoms with Crippen LogP contribution in [0, 0.1) is 6.92 Å².